The standard InChI is InChI=1S/C22H20F3NO4/c1-2-30-21(29)20(28)26(13-14-8-9-14)18-11-10-16(22(23,24)25)12-17(18)19(27)15-6-4-3-5-7-15/h3-7,10-12,14H,2,8-9,13H2,1H3. The van der Waals surface area contributed by atoms with Gasteiger partial charge in [-0.3, -0.25) is 9.59 Å². The van der Waals surface area contributed by atoms with E-state index in [0.29, 0.717) is 0 Å². The average Bonchev–Trinajstić information content (AvgIpc) is 3.55. The van der Waals surface area contributed by atoms with Gasteiger partial charge in [-0.05, 0) is 43.9 Å². The lowest BCUT2D eigenvalue weighted by atomic mass is 9.98. The van der Waals surface area contributed by atoms with E-state index in [9.17, 15) is 27.6 Å². The van der Waals surface area contributed by atoms with Crippen molar-refractivity contribution in [3.05, 3.63) is 65.2 Å². The molecule has 2 aromatic rings. The van der Waals surface area contributed by atoms with Crippen LogP contribution in [0, 0.1) is 5.92 Å². The molecule has 0 saturated heterocycles. The first-order valence-electron chi connectivity index (χ1n) is 9.52. The minimum Gasteiger partial charge on any atom is -0.459 e. The number of anilines is 1. The Morgan fingerprint density at radius 1 is 1.07 bits per heavy atom. The number of halogens is 3. The van der Waals surface area contributed by atoms with Crippen LogP contribution in [0.1, 0.15) is 41.3 Å². The third-order valence-corrected chi connectivity index (χ3v) is 4.73. The van der Waals surface area contributed by atoms with Crippen LogP contribution >= 0.6 is 0 Å². The number of amides is 1. The van der Waals surface area contributed by atoms with E-state index in [1.807, 2.05) is 0 Å². The number of ketones is 1. The Labute approximate surface area is 171 Å². The Morgan fingerprint density at radius 2 is 1.73 bits per heavy atom. The van der Waals surface area contributed by atoms with E-state index in [4.69, 9.17) is 4.74 Å². The summed E-state index contributed by atoms with van der Waals surface area (Å²) in [5.74, 6) is -2.68. The van der Waals surface area contributed by atoms with Crippen LogP contribution in [-0.2, 0) is 20.5 Å². The first kappa shape index (κ1) is 21.5. The number of hydrogen-bond acceptors (Lipinski definition) is 4. The summed E-state index contributed by atoms with van der Waals surface area (Å²) in [6.45, 7) is 1.64. The third kappa shape index (κ3) is 4.87. The van der Waals surface area contributed by atoms with E-state index in [1.165, 1.54) is 12.1 Å². The monoisotopic (exact) mass is 419 g/mol. The molecule has 158 valence electrons. The second-order valence-electron chi connectivity index (χ2n) is 7.00. The molecular weight excluding hydrogens is 399 g/mol. The Morgan fingerprint density at radius 3 is 2.30 bits per heavy atom. The van der Waals surface area contributed by atoms with Crippen molar-refractivity contribution in [2.75, 3.05) is 18.1 Å². The SMILES string of the molecule is CCOC(=O)C(=O)N(CC1CC1)c1ccc(C(F)(F)F)cc1C(=O)c1ccccc1. The van der Waals surface area contributed by atoms with E-state index < -0.39 is 29.4 Å². The van der Waals surface area contributed by atoms with Crippen LogP contribution < -0.4 is 4.90 Å². The van der Waals surface area contributed by atoms with E-state index in [0.717, 1.165) is 35.9 Å². The lowest BCUT2D eigenvalue weighted by Gasteiger charge is -2.25. The number of esters is 1. The molecule has 1 aliphatic carbocycles. The Balaban J connectivity index is 2.11. The first-order valence-corrected chi connectivity index (χ1v) is 9.52. The number of ether oxygens (including phenoxy) is 1. The number of rotatable bonds is 6. The number of hydrogen-bond donors (Lipinski definition) is 0. The van der Waals surface area contributed by atoms with Crippen LogP contribution in [0.5, 0.6) is 0 Å². The van der Waals surface area contributed by atoms with E-state index in [2.05, 4.69) is 0 Å². The molecule has 0 aromatic heterocycles. The molecule has 0 unspecified atom stereocenters. The molecule has 0 heterocycles. The fraction of sp³-hybridized carbons (Fsp3) is 0.318. The topological polar surface area (TPSA) is 63.7 Å². The van der Waals surface area contributed by atoms with Gasteiger partial charge in [-0.1, -0.05) is 30.3 Å². The Kier molecular flexibility index (Phi) is 6.24. The third-order valence-electron chi connectivity index (χ3n) is 4.73. The summed E-state index contributed by atoms with van der Waals surface area (Å²) < 4.78 is 44.7. The quantitative estimate of drug-likeness (QED) is 0.399. The van der Waals surface area contributed by atoms with Gasteiger partial charge in [0.1, 0.15) is 0 Å². The normalized spacial score (nSPS) is 13.6. The molecule has 0 aliphatic heterocycles. The van der Waals surface area contributed by atoms with Crippen molar-refractivity contribution >= 4 is 23.3 Å². The second-order valence-corrected chi connectivity index (χ2v) is 7.00. The van der Waals surface area contributed by atoms with Gasteiger partial charge in [-0.25, -0.2) is 4.79 Å². The first-order chi connectivity index (χ1) is 14.2. The van der Waals surface area contributed by atoms with Crippen molar-refractivity contribution in [1.82, 2.24) is 0 Å². The average molecular weight is 419 g/mol. The van der Waals surface area contributed by atoms with Gasteiger partial charge in [-0.15, -0.1) is 0 Å². The summed E-state index contributed by atoms with van der Waals surface area (Å²) in [6.07, 6.45) is -3.01. The van der Waals surface area contributed by atoms with Crippen LogP contribution in [0.2, 0.25) is 0 Å². The summed E-state index contributed by atoms with van der Waals surface area (Å²) in [5, 5.41) is 0. The molecule has 0 bridgehead atoms. The van der Waals surface area contributed by atoms with Crippen LogP contribution in [0.3, 0.4) is 0 Å². The predicted octanol–water partition coefficient (Wildman–Crippen LogP) is 4.24. The van der Waals surface area contributed by atoms with Gasteiger partial charge in [0.25, 0.3) is 0 Å². The van der Waals surface area contributed by atoms with Gasteiger partial charge in [0.05, 0.1) is 17.9 Å². The van der Waals surface area contributed by atoms with E-state index >= 15 is 0 Å². The van der Waals surface area contributed by atoms with Crippen molar-refractivity contribution in [2.24, 2.45) is 5.92 Å². The van der Waals surface area contributed by atoms with Crippen LogP contribution in [-0.4, -0.2) is 30.8 Å². The number of carbonyl (C=O) groups excluding carboxylic acids is 3. The van der Waals surface area contributed by atoms with Crippen LogP contribution in [0.25, 0.3) is 0 Å². The highest BCUT2D eigenvalue weighted by Gasteiger charge is 2.36. The molecule has 1 amide bonds. The number of alkyl halides is 3. The fourth-order valence-corrected chi connectivity index (χ4v) is 3.03. The summed E-state index contributed by atoms with van der Waals surface area (Å²) in [5.41, 5.74) is -1.18. The van der Waals surface area contributed by atoms with Gasteiger partial charge in [0, 0.05) is 17.7 Å². The van der Waals surface area contributed by atoms with Crippen molar-refractivity contribution in [2.45, 2.75) is 25.9 Å². The van der Waals surface area contributed by atoms with Gasteiger partial charge in [0.2, 0.25) is 0 Å². The molecule has 8 heteroatoms. The van der Waals surface area contributed by atoms with Crippen molar-refractivity contribution in [3.63, 3.8) is 0 Å². The minimum atomic E-state index is -4.67. The predicted molar refractivity (Wildman–Crippen MR) is 103 cm³/mol. The number of nitrogens with zero attached hydrogens (tertiary/aromatic N) is 1. The molecule has 1 fully saturated rings. The molecule has 0 spiro atoms. The molecule has 1 aliphatic rings. The van der Waals surface area contributed by atoms with Crippen LogP contribution in [0.15, 0.2) is 48.5 Å². The molecule has 30 heavy (non-hydrogen) atoms. The molecular formula is C22H20F3NO4. The van der Waals surface area contributed by atoms with Gasteiger partial charge in [0.15, 0.2) is 5.78 Å². The molecule has 3 rings (SSSR count). The maximum Gasteiger partial charge on any atom is 0.416 e. The molecule has 1 saturated carbocycles. The van der Waals surface area contributed by atoms with Crippen molar-refractivity contribution in [3.8, 4) is 0 Å². The highest BCUT2D eigenvalue weighted by Crippen LogP contribution is 2.36. The lowest BCUT2D eigenvalue weighted by molar-refractivity contribution is -0.153. The van der Waals surface area contributed by atoms with Gasteiger partial charge in [-0.2, -0.15) is 13.2 Å². The second kappa shape index (κ2) is 8.69. The van der Waals surface area contributed by atoms with Crippen molar-refractivity contribution in [1.29, 1.82) is 0 Å². The van der Waals surface area contributed by atoms with Crippen molar-refractivity contribution < 1.29 is 32.3 Å². The summed E-state index contributed by atoms with van der Waals surface area (Å²) in [7, 11) is 0. The van der Waals surface area contributed by atoms with Gasteiger partial charge < -0.3 is 9.64 Å². The smallest absolute Gasteiger partial charge is 0.416 e. The Hall–Kier alpha value is -3.16. The largest absolute Gasteiger partial charge is 0.459 e. The maximum absolute atomic E-state index is 13.3. The molecule has 0 radical (unpaired) electrons. The van der Waals surface area contributed by atoms with E-state index in [-0.39, 0.29) is 35.9 Å². The fourth-order valence-electron chi connectivity index (χ4n) is 3.03. The van der Waals surface area contributed by atoms with Gasteiger partial charge >= 0.3 is 18.1 Å². The number of carbonyl (C=O) groups is 3. The molecule has 2 aromatic carbocycles. The maximum atomic E-state index is 13.3. The summed E-state index contributed by atoms with van der Waals surface area (Å²) in [4.78, 5) is 38.9. The highest BCUT2D eigenvalue weighted by molar-refractivity contribution is 6.38. The van der Waals surface area contributed by atoms with Crippen LogP contribution in [0.4, 0.5) is 18.9 Å². The molecule has 0 N–H and O–H groups in total. The molecule has 5 nitrogen and oxygen atoms in total. The molecule has 0 atom stereocenters. The zero-order chi connectivity index (χ0) is 21.9. The van der Waals surface area contributed by atoms with E-state index in [1.54, 1.807) is 25.1 Å². The Bertz CT molecular complexity index is 953. The zero-order valence-corrected chi connectivity index (χ0v) is 16.2. The zero-order valence-electron chi connectivity index (χ0n) is 16.2. The lowest BCUT2D eigenvalue weighted by Crippen LogP contribution is -2.40. The number of benzene rings is 2. The highest BCUT2D eigenvalue weighted by atomic mass is 19.4. The minimum absolute atomic E-state index is 0.0232. The summed E-state index contributed by atoms with van der Waals surface area (Å²) >= 11 is 0. The summed E-state index contributed by atoms with van der Waals surface area (Å²) in [6, 6.07) is 10.4.